The maximum absolute atomic E-state index is 12.9. The van der Waals surface area contributed by atoms with Crippen LogP contribution in [0, 0.1) is 18.3 Å². The topological polar surface area (TPSA) is 78.4 Å². The number of alkyl halides is 3. The molecule has 0 spiro atoms. The van der Waals surface area contributed by atoms with Crippen LogP contribution >= 0.6 is 0 Å². The van der Waals surface area contributed by atoms with Crippen molar-refractivity contribution in [3.05, 3.63) is 56.9 Å². The molecule has 0 saturated heterocycles. The van der Waals surface area contributed by atoms with Crippen molar-refractivity contribution in [2.24, 2.45) is 4.99 Å². The van der Waals surface area contributed by atoms with E-state index in [-0.39, 0.29) is 34.8 Å². The number of nitrogens with zero attached hydrogens (tertiary/aromatic N) is 3. The third-order valence-corrected chi connectivity index (χ3v) is 4.60. The van der Waals surface area contributed by atoms with E-state index in [1.54, 1.807) is 0 Å². The second-order valence-corrected chi connectivity index (χ2v) is 6.67. The molecule has 1 aromatic heterocycles. The lowest BCUT2D eigenvalue weighted by Gasteiger charge is -2.14. The molecule has 1 heterocycles. The van der Waals surface area contributed by atoms with E-state index in [9.17, 15) is 28.3 Å². The highest BCUT2D eigenvalue weighted by molar-refractivity contribution is 5.87. The number of rotatable bonds is 7. The van der Waals surface area contributed by atoms with Crippen LogP contribution < -0.4 is 5.56 Å². The fourth-order valence-corrected chi connectivity index (χ4v) is 2.93. The lowest BCUT2D eigenvalue weighted by Crippen LogP contribution is -2.25. The summed E-state index contributed by atoms with van der Waals surface area (Å²) in [7, 11) is 0. The van der Waals surface area contributed by atoms with Gasteiger partial charge in [-0.2, -0.15) is 18.4 Å². The summed E-state index contributed by atoms with van der Waals surface area (Å²) in [6, 6.07) is 6.29. The van der Waals surface area contributed by atoms with Crippen LogP contribution in [0.25, 0.3) is 0 Å². The normalized spacial score (nSPS) is 11.7. The first-order valence-electron chi connectivity index (χ1n) is 9.28. The molecular weight excluding hydrogens is 383 g/mol. The van der Waals surface area contributed by atoms with Gasteiger partial charge in [-0.05, 0) is 37.1 Å². The Balaban J connectivity index is 2.46. The van der Waals surface area contributed by atoms with Gasteiger partial charge in [0.2, 0.25) is 5.88 Å². The quantitative estimate of drug-likeness (QED) is 0.515. The van der Waals surface area contributed by atoms with Gasteiger partial charge in [-0.3, -0.25) is 14.4 Å². The van der Waals surface area contributed by atoms with Gasteiger partial charge in [0.1, 0.15) is 11.6 Å². The minimum Gasteiger partial charge on any atom is -0.494 e. The number of hydrogen-bond acceptors (Lipinski definition) is 4. The first-order valence-corrected chi connectivity index (χ1v) is 9.28. The Kier molecular flexibility index (Phi) is 7.21. The van der Waals surface area contributed by atoms with Crippen molar-refractivity contribution in [1.82, 2.24) is 4.57 Å². The minimum absolute atomic E-state index is 0.0397. The highest BCUT2D eigenvalue weighted by Gasteiger charge is 2.30. The Morgan fingerprint density at radius 1 is 1.28 bits per heavy atom. The number of benzene rings is 1. The molecule has 2 rings (SSSR count). The van der Waals surface area contributed by atoms with Gasteiger partial charge in [-0.25, -0.2) is 0 Å². The Hall–Kier alpha value is -3.08. The summed E-state index contributed by atoms with van der Waals surface area (Å²) in [6.07, 6.45) is 0.195. The Morgan fingerprint density at radius 3 is 2.62 bits per heavy atom. The van der Waals surface area contributed by atoms with Crippen molar-refractivity contribution < 1.29 is 18.3 Å². The third kappa shape index (κ3) is 5.25. The second kappa shape index (κ2) is 9.41. The van der Waals surface area contributed by atoms with E-state index in [0.717, 1.165) is 36.0 Å². The molecule has 0 radical (unpaired) electrons. The van der Waals surface area contributed by atoms with E-state index in [2.05, 4.69) is 4.99 Å². The fourth-order valence-electron chi connectivity index (χ4n) is 2.93. The maximum Gasteiger partial charge on any atom is 0.416 e. The van der Waals surface area contributed by atoms with Crippen LogP contribution in [0.5, 0.6) is 5.88 Å². The average Bonchev–Trinajstić information content (AvgIpc) is 2.67. The number of unbranched alkanes of at least 4 members (excludes halogenated alkanes) is 3. The van der Waals surface area contributed by atoms with Gasteiger partial charge in [-0.15, -0.1) is 0 Å². The fraction of sp³-hybridized carbons (Fsp3) is 0.381. The first-order chi connectivity index (χ1) is 13.7. The van der Waals surface area contributed by atoms with Crippen LogP contribution in [0.2, 0.25) is 0 Å². The van der Waals surface area contributed by atoms with Gasteiger partial charge >= 0.3 is 6.18 Å². The van der Waals surface area contributed by atoms with E-state index in [0.29, 0.717) is 6.42 Å². The number of halogens is 3. The molecule has 1 N–H and O–H groups in total. The zero-order chi connectivity index (χ0) is 21.6. The van der Waals surface area contributed by atoms with Crippen LogP contribution in [-0.2, 0) is 12.7 Å². The SMILES string of the molecule is CCCCCCn1c(O)c(C=Nc2cccc(C(F)(F)F)c2)c(C)c(C#N)c1=O. The van der Waals surface area contributed by atoms with Crippen molar-refractivity contribution in [1.29, 1.82) is 5.26 Å². The summed E-state index contributed by atoms with van der Waals surface area (Å²) in [6.45, 7) is 3.78. The molecule has 0 bridgehead atoms. The number of aromatic nitrogens is 1. The summed E-state index contributed by atoms with van der Waals surface area (Å²) in [5.41, 5.74) is -1.15. The third-order valence-electron chi connectivity index (χ3n) is 4.60. The molecule has 0 aliphatic carbocycles. The summed E-state index contributed by atoms with van der Waals surface area (Å²) in [5, 5.41) is 19.9. The summed E-state index contributed by atoms with van der Waals surface area (Å²) < 4.78 is 39.7. The monoisotopic (exact) mass is 405 g/mol. The Bertz CT molecular complexity index is 1000. The molecule has 0 fully saturated rings. The van der Waals surface area contributed by atoms with Crippen molar-refractivity contribution in [3.8, 4) is 11.9 Å². The molecule has 0 atom stereocenters. The van der Waals surface area contributed by atoms with Crippen LogP contribution in [-0.4, -0.2) is 15.9 Å². The lowest BCUT2D eigenvalue weighted by molar-refractivity contribution is -0.137. The maximum atomic E-state index is 12.9. The largest absolute Gasteiger partial charge is 0.494 e. The molecule has 0 aliphatic rings. The lowest BCUT2D eigenvalue weighted by atomic mass is 10.1. The molecule has 0 aliphatic heterocycles. The first kappa shape index (κ1) is 22.2. The number of nitriles is 1. The van der Waals surface area contributed by atoms with E-state index in [4.69, 9.17) is 0 Å². The van der Waals surface area contributed by atoms with Crippen molar-refractivity contribution in [2.45, 2.75) is 52.3 Å². The zero-order valence-corrected chi connectivity index (χ0v) is 16.3. The molecule has 0 amide bonds. The minimum atomic E-state index is -4.50. The van der Waals surface area contributed by atoms with E-state index in [1.165, 1.54) is 25.3 Å². The van der Waals surface area contributed by atoms with E-state index >= 15 is 0 Å². The number of hydrogen-bond donors (Lipinski definition) is 1. The van der Waals surface area contributed by atoms with Gasteiger partial charge in [-0.1, -0.05) is 32.3 Å². The summed E-state index contributed by atoms with van der Waals surface area (Å²) in [4.78, 5) is 16.5. The van der Waals surface area contributed by atoms with Gasteiger partial charge < -0.3 is 5.11 Å². The number of aromatic hydroxyl groups is 1. The average molecular weight is 405 g/mol. The highest BCUT2D eigenvalue weighted by Crippen LogP contribution is 2.31. The van der Waals surface area contributed by atoms with Gasteiger partial charge in [0, 0.05) is 12.8 Å². The van der Waals surface area contributed by atoms with Gasteiger partial charge in [0.15, 0.2) is 0 Å². The summed E-state index contributed by atoms with van der Waals surface area (Å²) >= 11 is 0. The van der Waals surface area contributed by atoms with Crippen LogP contribution in [0.3, 0.4) is 0 Å². The zero-order valence-electron chi connectivity index (χ0n) is 16.3. The van der Waals surface area contributed by atoms with Crippen molar-refractivity contribution in [2.75, 3.05) is 0 Å². The molecule has 0 unspecified atom stereocenters. The van der Waals surface area contributed by atoms with Gasteiger partial charge in [0.25, 0.3) is 5.56 Å². The van der Waals surface area contributed by atoms with Crippen molar-refractivity contribution in [3.63, 3.8) is 0 Å². The highest BCUT2D eigenvalue weighted by atomic mass is 19.4. The molecule has 8 heteroatoms. The summed E-state index contributed by atoms with van der Waals surface area (Å²) in [5.74, 6) is -0.348. The Morgan fingerprint density at radius 2 is 2.00 bits per heavy atom. The van der Waals surface area contributed by atoms with E-state index < -0.39 is 17.3 Å². The second-order valence-electron chi connectivity index (χ2n) is 6.67. The van der Waals surface area contributed by atoms with Gasteiger partial charge in [0.05, 0.1) is 16.8 Å². The molecular formula is C21H22F3N3O2. The van der Waals surface area contributed by atoms with E-state index in [1.807, 2.05) is 13.0 Å². The molecule has 1 aromatic carbocycles. The number of pyridine rings is 1. The standard InChI is InChI=1S/C21H22F3N3O2/c1-3-4-5-6-10-27-19(28)17(12-25)14(2)18(20(27)29)13-26-16-9-7-8-15(11-16)21(22,23)24/h7-9,11,13,29H,3-6,10H2,1-2H3. The van der Waals surface area contributed by atoms with Crippen LogP contribution in [0.4, 0.5) is 18.9 Å². The molecule has 5 nitrogen and oxygen atoms in total. The molecule has 0 saturated carbocycles. The smallest absolute Gasteiger partial charge is 0.416 e. The number of aliphatic imine (C=N–C) groups is 1. The predicted molar refractivity (Wildman–Crippen MR) is 105 cm³/mol. The van der Waals surface area contributed by atoms with Crippen molar-refractivity contribution >= 4 is 11.9 Å². The van der Waals surface area contributed by atoms with Crippen LogP contribution in [0.15, 0.2) is 34.1 Å². The molecule has 2 aromatic rings. The molecule has 154 valence electrons. The predicted octanol–water partition coefficient (Wildman–Crippen LogP) is 5.08. The Labute approximate surface area is 166 Å². The molecule has 29 heavy (non-hydrogen) atoms. The van der Waals surface area contributed by atoms with Crippen LogP contribution in [0.1, 0.15) is 54.9 Å².